The Hall–Kier alpha value is -1.16. The molecule has 0 radical (unpaired) electrons. The van der Waals surface area contributed by atoms with Crippen molar-refractivity contribution in [3.8, 4) is 0 Å². The minimum absolute atomic E-state index is 0.277. The summed E-state index contributed by atoms with van der Waals surface area (Å²) in [5, 5.41) is 10.1. The van der Waals surface area contributed by atoms with E-state index >= 15 is 0 Å². The lowest BCUT2D eigenvalue weighted by atomic mass is 9.99. The number of benzene rings is 1. The standard InChI is InChI=1S/C15H20O3/c1-11(12-7-5-4-6-8-12)9-13(16)14-10-17-15(2,3)18-14/h4-8,13-14,16H,1,9-10H2,2-3H3/t13-,14-/m0/s1. The van der Waals surface area contributed by atoms with Gasteiger partial charge in [-0.1, -0.05) is 36.9 Å². The number of hydrogen-bond donors (Lipinski definition) is 1. The topological polar surface area (TPSA) is 38.7 Å². The highest BCUT2D eigenvalue weighted by Crippen LogP contribution is 2.27. The second kappa shape index (κ2) is 5.22. The van der Waals surface area contributed by atoms with Gasteiger partial charge in [0.25, 0.3) is 0 Å². The molecule has 2 atom stereocenters. The van der Waals surface area contributed by atoms with Gasteiger partial charge in [0.15, 0.2) is 5.79 Å². The van der Waals surface area contributed by atoms with Gasteiger partial charge in [0.2, 0.25) is 0 Å². The van der Waals surface area contributed by atoms with Crippen molar-refractivity contribution in [1.29, 1.82) is 0 Å². The monoisotopic (exact) mass is 248 g/mol. The fraction of sp³-hybridized carbons (Fsp3) is 0.467. The van der Waals surface area contributed by atoms with Crippen molar-refractivity contribution in [3.63, 3.8) is 0 Å². The molecule has 0 aromatic heterocycles. The van der Waals surface area contributed by atoms with E-state index in [2.05, 4.69) is 6.58 Å². The SMILES string of the molecule is C=C(C[C@H](O)[C@@H]1COC(C)(C)O1)c1ccccc1. The summed E-state index contributed by atoms with van der Waals surface area (Å²) in [6, 6.07) is 9.87. The molecule has 0 aliphatic carbocycles. The third kappa shape index (κ3) is 3.19. The number of rotatable bonds is 4. The van der Waals surface area contributed by atoms with Crippen LogP contribution in [0.1, 0.15) is 25.8 Å². The maximum Gasteiger partial charge on any atom is 0.163 e. The predicted molar refractivity (Wildman–Crippen MR) is 71.0 cm³/mol. The summed E-state index contributed by atoms with van der Waals surface area (Å²) in [7, 11) is 0. The zero-order valence-corrected chi connectivity index (χ0v) is 10.9. The number of aliphatic hydroxyl groups excluding tert-OH is 1. The zero-order chi connectivity index (χ0) is 13.2. The van der Waals surface area contributed by atoms with Crippen molar-refractivity contribution >= 4 is 5.57 Å². The fourth-order valence-corrected chi connectivity index (χ4v) is 2.08. The summed E-state index contributed by atoms with van der Waals surface area (Å²) < 4.78 is 11.1. The first-order chi connectivity index (χ1) is 8.48. The van der Waals surface area contributed by atoms with E-state index in [4.69, 9.17) is 9.47 Å². The van der Waals surface area contributed by atoms with Gasteiger partial charge in [0.1, 0.15) is 6.10 Å². The van der Waals surface area contributed by atoms with E-state index in [1.165, 1.54) is 0 Å². The van der Waals surface area contributed by atoms with Crippen LogP contribution in [0.3, 0.4) is 0 Å². The molecule has 98 valence electrons. The van der Waals surface area contributed by atoms with Crippen LogP contribution in [0.15, 0.2) is 36.9 Å². The first-order valence-electron chi connectivity index (χ1n) is 6.21. The number of ether oxygens (including phenoxy) is 2. The van der Waals surface area contributed by atoms with Gasteiger partial charge in [0, 0.05) is 6.42 Å². The Kier molecular flexibility index (Phi) is 3.85. The van der Waals surface area contributed by atoms with E-state index in [9.17, 15) is 5.11 Å². The average molecular weight is 248 g/mol. The average Bonchev–Trinajstić information content (AvgIpc) is 2.71. The van der Waals surface area contributed by atoms with Crippen LogP contribution >= 0.6 is 0 Å². The number of aliphatic hydroxyl groups is 1. The molecule has 0 unspecified atom stereocenters. The molecule has 1 aliphatic rings. The van der Waals surface area contributed by atoms with Crippen molar-refractivity contribution in [1.82, 2.24) is 0 Å². The summed E-state index contributed by atoms with van der Waals surface area (Å²) in [6.07, 6.45) is -0.367. The van der Waals surface area contributed by atoms with Crippen LogP contribution in [0, 0.1) is 0 Å². The van der Waals surface area contributed by atoms with Crippen molar-refractivity contribution < 1.29 is 14.6 Å². The summed E-state index contributed by atoms with van der Waals surface area (Å²) in [5.41, 5.74) is 1.96. The highest BCUT2D eigenvalue weighted by atomic mass is 16.7. The lowest BCUT2D eigenvalue weighted by Crippen LogP contribution is -2.30. The van der Waals surface area contributed by atoms with Gasteiger partial charge in [-0.15, -0.1) is 0 Å². The highest BCUT2D eigenvalue weighted by Gasteiger charge is 2.36. The molecule has 1 saturated heterocycles. The van der Waals surface area contributed by atoms with Gasteiger partial charge in [-0.05, 0) is 25.0 Å². The van der Waals surface area contributed by atoms with E-state index in [0.717, 1.165) is 11.1 Å². The highest BCUT2D eigenvalue weighted by molar-refractivity contribution is 5.63. The third-order valence-electron chi connectivity index (χ3n) is 3.10. The zero-order valence-electron chi connectivity index (χ0n) is 10.9. The molecule has 0 saturated carbocycles. The Morgan fingerprint density at radius 2 is 2.11 bits per heavy atom. The van der Waals surface area contributed by atoms with Crippen molar-refractivity contribution in [2.75, 3.05) is 6.61 Å². The number of hydrogen-bond acceptors (Lipinski definition) is 3. The van der Waals surface area contributed by atoms with Crippen LogP contribution < -0.4 is 0 Å². The molecule has 1 fully saturated rings. The maximum atomic E-state index is 10.1. The fourth-order valence-electron chi connectivity index (χ4n) is 2.08. The predicted octanol–water partition coefficient (Wildman–Crippen LogP) is 2.60. The molecule has 1 aromatic rings. The minimum atomic E-state index is -0.597. The molecule has 0 amide bonds. The molecule has 0 bridgehead atoms. The lowest BCUT2D eigenvalue weighted by molar-refractivity contribution is -0.150. The van der Waals surface area contributed by atoms with Gasteiger partial charge in [0.05, 0.1) is 12.7 Å². The van der Waals surface area contributed by atoms with Crippen LogP contribution in [0.2, 0.25) is 0 Å². The molecule has 1 N–H and O–H groups in total. The van der Waals surface area contributed by atoms with E-state index in [1.54, 1.807) is 0 Å². The van der Waals surface area contributed by atoms with Crippen LogP contribution in [0.25, 0.3) is 5.57 Å². The normalized spacial score (nSPS) is 23.8. The van der Waals surface area contributed by atoms with Crippen molar-refractivity contribution in [3.05, 3.63) is 42.5 Å². The van der Waals surface area contributed by atoms with Crippen LogP contribution in [0.4, 0.5) is 0 Å². The Morgan fingerprint density at radius 1 is 1.44 bits per heavy atom. The van der Waals surface area contributed by atoms with Gasteiger partial charge in [-0.3, -0.25) is 0 Å². The summed E-state index contributed by atoms with van der Waals surface area (Å²) in [4.78, 5) is 0. The second-order valence-corrected chi connectivity index (χ2v) is 5.11. The maximum absolute atomic E-state index is 10.1. The summed E-state index contributed by atoms with van der Waals surface area (Å²) in [6.45, 7) is 8.15. The van der Waals surface area contributed by atoms with Gasteiger partial charge in [-0.25, -0.2) is 0 Å². The molecule has 3 heteroatoms. The first-order valence-corrected chi connectivity index (χ1v) is 6.21. The van der Waals surface area contributed by atoms with E-state index in [1.807, 2.05) is 44.2 Å². The molecular formula is C15H20O3. The van der Waals surface area contributed by atoms with E-state index < -0.39 is 11.9 Å². The summed E-state index contributed by atoms with van der Waals surface area (Å²) in [5.74, 6) is -0.597. The van der Waals surface area contributed by atoms with Crippen LogP contribution in [0.5, 0.6) is 0 Å². The van der Waals surface area contributed by atoms with Crippen molar-refractivity contribution in [2.24, 2.45) is 0 Å². The molecule has 1 aliphatic heterocycles. The molecule has 2 rings (SSSR count). The van der Waals surface area contributed by atoms with Gasteiger partial charge >= 0.3 is 0 Å². The smallest absolute Gasteiger partial charge is 0.163 e. The molecule has 1 aromatic carbocycles. The largest absolute Gasteiger partial charge is 0.390 e. The summed E-state index contributed by atoms with van der Waals surface area (Å²) >= 11 is 0. The minimum Gasteiger partial charge on any atom is -0.390 e. The molecule has 18 heavy (non-hydrogen) atoms. The first kappa shape index (κ1) is 13.3. The Labute approximate surface area is 108 Å². The van der Waals surface area contributed by atoms with Crippen LogP contribution in [-0.4, -0.2) is 29.7 Å². The molecule has 3 nitrogen and oxygen atoms in total. The van der Waals surface area contributed by atoms with E-state index in [0.29, 0.717) is 13.0 Å². The quantitative estimate of drug-likeness (QED) is 0.890. The van der Waals surface area contributed by atoms with E-state index in [-0.39, 0.29) is 6.10 Å². The molecule has 0 spiro atoms. The Balaban J connectivity index is 1.92. The second-order valence-electron chi connectivity index (χ2n) is 5.11. The Bertz CT molecular complexity index is 411. The van der Waals surface area contributed by atoms with Crippen LogP contribution in [-0.2, 0) is 9.47 Å². The lowest BCUT2D eigenvalue weighted by Gasteiger charge is -2.21. The third-order valence-corrected chi connectivity index (χ3v) is 3.10. The van der Waals surface area contributed by atoms with Gasteiger partial charge in [-0.2, -0.15) is 0 Å². The molecular weight excluding hydrogens is 228 g/mol. The Morgan fingerprint density at radius 3 is 2.67 bits per heavy atom. The van der Waals surface area contributed by atoms with Crippen molar-refractivity contribution in [2.45, 2.75) is 38.3 Å². The van der Waals surface area contributed by atoms with Gasteiger partial charge < -0.3 is 14.6 Å². The molecule has 1 heterocycles.